The van der Waals surface area contributed by atoms with Crippen LogP contribution in [0.1, 0.15) is 26.2 Å². The molecule has 2 N–H and O–H groups in total. The smallest absolute Gasteiger partial charge is 0.290 e. The summed E-state index contributed by atoms with van der Waals surface area (Å²) >= 11 is 0. The van der Waals surface area contributed by atoms with E-state index in [1.807, 2.05) is 11.8 Å². The molecule has 1 saturated heterocycles. The molecule has 2 fully saturated rings. The first kappa shape index (κ1) is 25.6. The number of methoxy groups -OCH3 is 1. The van der Waals surface area contributed by atoms with Crippen molar-refractivity contribution < 1.29 is 29.0 Å². The lowest BCUT2D eigenvalue weighted by molar-refractivity contribution is -0.132. The normalized spacial score (nSPS) is 24.2. The first-order valence-electron chi connectivity index (χ1n) is 10.9. The molecule has 0 aromatic heterocycles. The Morgan fingerprint density at radius 1 is 1.19 bits per heavy atom. The van der Waals surface area contributed by atoms with Gasteiger partial charge in [0.15, 0.2) is 6.61 Å². The Balaban J connectivity index is 0.00000114. The Labute approximate surface area is 189 Å². The number of carbonyl (C=O) groups is 3. The molecule has 2 amide bonds. The highest BCUT2D eigenvalue weighted by molar-refractivity contribution is 5.90. The van der Waals surface area contributed by atoms with Gasteiger partial charge in [-0.25, -0.2) is 0 Å². The van der Waals surface area contributed by atoms with Gasteiger partial charge in [-0.15, -0.1) is 0 Å². The van der Waals surface area contributed by atoms with E-state index in [0.29, 0.717) is 30.0 Å². The van der Waals surface area contributed by atoms with Crippen LogP contribution < -0.4 is 10.1 Å². The van der Waals surface area contributed by atoms with Crippen LogP contribution in [0.5, 0.6) is 5.75 Å². The van der Waals surface area contributed by atoms with Crippen LogP contribution >= 0.6 is 0 Å². The van der Waals surface area contributed by atoms with Gasteiger partial charge in [-0.3, -0.25) is 14.4 Å². The summed E-state index contributed by atoms with van der Waals surface area (Å²) in [5.41, 5.74) is 0.724. The zero-order chi connectivity index (χ0) is 23.7. The molecule has 1 aliphatic heterocycles. The number of nitrogens with one attached hydrogen (secondary N) is 1. The average Bonchev–Trinajstić information content (AvgIpc) is 3.21. The quantitative estimate of drug-likeness (QED) is 0.612. The molecular weight excluding hydrogens is 414 g/mol. The summed E-state index contributed by atoms with van der Waals surface area (Å²) in [6.07, 6.45) is 2.72. The summed E-state index contributed by atoms with van der Waals surface area (Å²) < 4.78 is 11.4. The number of carbonyl (C=O) groups excluding carboxylic acids is 2. The Morgan fingerprint density at radius 2 is 1.78 bits per heavy atom. The minimum Gasteiger partial charge on any atom is -0.484 e. The van der Waals surface area contributed by atoms with Gasteiger partial charge in [-0.05, 0) is 63.0 Å². The van der Waals surface area contributed by atoms with Crippen molar-refractivity contribution in [3.05, 3.63) is 24.3 Å². The molecule has 0 bridgehead atoms. The maximum atomic E-state index is 12.7. The molecule has 4 atom stereocenters. The standard InChI is InChI=1S/C22H33N3O4.CH2O2/c1-5-21(26)23-17-6-8-18(9-7-17)29-14-22(27)25-12-15-10-19(24(2)3)20(28-4)11-16(15)13-25;2-1-3/h6-9,15-16,19-20H,5,10-14H2,1-4H3,(H,23,26);1H,(H,2,3)/t15-,16+,19-,20-;/m1./s1. The highest BCUT2D eigenvalue weighted by atomic mass is 16.5. The molecule has 178 valence electrons. The second kappa shape index (κ2) is 12.4. The second-order valence-electron chi connectivity index (χ2n) is 8.42. The van der Waals surface area contributed by atoms with Crippen molar-refractivity contribution in [2.45, 2.75) is 38.3 Å². The largest absolute Gasteiger partial charge is 0.484 e. The summed E-state index contributed by atoms with van der Waals surface area (Å²) in [4.78, 5) is 36.7. The van der Waals surface area contributed by atoms with Crippen LogP contribution in [0, 0.1) is 11.8 Å². The van der Waals surface area contributed by atoms with Crippen molar-refractivity contribution >= 4 is 24.0 Å². The zero-order valence-corrected chi connectivity index (χ0v) is 19.3. The first-order valence-corrected chi connectivity index (χ1v) is 10.9. The van der Waals surface area contributed by atoms with E-state index in [1.54, 1.807) is 31.4 Å². The summed E-state index contributed by atoms with van der Waals surface area (Å²) in [5, 5.41) is 9.68. The maximum Gasteiger partial charge on any atom is 0.290 e. The molecule has 2 aliphatic rings. The predicted molar refractivity (Wildman–Crippen MR) is 121 cm³/mol. The molecule has 0 unspecified atom stereocenters. The number of ether oxygens (including phenoxy) is 2. The molecule has 9 heteroatoms. The predicted octanol–water partition coefficient (Wildman–Crippen LogP) is 1.93. The van der Waals surface area contributed by atoms with E-state index in [9.17, 15) is 9.59 Å². The van der Waals surface area contributed by atoms with Gasteiger partial charge >= 0.3 is 0 Å². The second-order valence-corrected chi connectivity index (χ2v) is 8.42. The van der Waals surface area contributed by atoms with Crippen LogP contribution in [0.3, 0.4) is 0 Å². The van der Waals surface area contributed by atoms with Crippen LogP contribution in [0.4, 0.5) is 5.69 Å². The topological polar surface area (TPSA) is 108 Å². The molecule has 1 saturated carbocycles. The molecule has 0 spiro atoms. The number of rotatable bonds is 7. The van der Waals surface area contributed by atoms with Gasteiger partial charge in [-0.2, -0.15) is 0 Å². The molecular formula is C23H35N3O6. The van der Waals surface area contributed by atoms with Gasteiger partial charge in [0.2, 0.25) is 5.91 Å². The first-order chi connectivity index (χ1) is 15.3. The number of benzene rings is 1. The van der Waals surface area contributed by atoms with Crippen molar-refractivity contribution in [3.63, 3.8) is 0 Å². The van der Waals surface area contributed by atoms with Gasteiger partial charge < -0.3 is 29.7 Å². The molecule has 1 aromatic carbocycles. The van der Waals surface area contributed by atoms with Crippen LogP contribution in [0.2, 0.25) is 0 Å². The highest BCUT2D eigenvalue weighted by Crippen LogP contribution is 2.38. The lowest BCUT2D eigenvalue weighted by Gasteiger charge is -2.40. The van der Waals surface area contributed by atoms with Gasteiger partial charge in [0.1, 0.15) is 5.75 Å². The van der Waals surface area contributed by atoms with Gasteiger partial charge in [0.05, 0.1) is 6.10 Å². The van der Waals surface area contributed by atoms with E-state index >= 15 is 0 Å². The van der Waals surface area contributed by atoms with Crippen LogP contribution in [-0.4, -0.2) is 86.2 Å². The number of amides is 2. The molecule has 0 radical (unpaired) electrons. The van der Waals surface area contributed by atoms with Crippen molar-refractivity contribution in [2.75, 3.05) is 46.2 Å². The molecule has 1 aliphatic carbocycles. The van der Waals surface area contributed by atoms with E-state index in [4.69, 9.17) is 19.4 Å². The third-order valence-electron chi connectivity index (χ3n) is 6.23. The fourth-order valence-electron chi connectivity index (χ4n) is 4.51. The van der Waals surface area contributed by atoms with Crippen molar-refractivity contribution in [2.24, 2.45) is 11.8 Å². The number of anilines is 1. The number of fused-ring (bicyclic) bond motifs is 1. The minimum absolute atomic E-state index is 0.0260. The summed E-state index contributed by atoms with van der Waals surface area (Å²) in [6.45, 7) is 3.18. The van der Waals surface area contributed by atoms with Gasteiger partial charge in [-0.1, -0.05) is 6.92 Å². The van der Waals surface area contributed by atoms with Crippen LogP contribution in [-0.2, 0) is 19.1 Å². The van der Waals surface area contributed by atoms with Crippen LogP contribution in [0.15, 0.2) is 24.3 Å². The number of likely N-dealkylation sites (tertiary alicyclic amines) is 1. The van der Waals surface area contributed by atoms with Gasteiger partial charge in [0.25, 0.3) is 12.4 Å². The third-order valence-corrected chi connectivity index (χ3v) is 6.23. The fraction of sp³-hybridized carbons (Fsp3) is 0.609. The summed E-state index contributed by atoms with van der Waals surface area (Å²) in [7, 11) is 5.98. The lowest BCUT2D eigenvalue weighted by atomic mass is 9.77. The van der Waals surface area contributed by atoms with E-state index < -0.39 is 0 Å². The molecule has 1 aromatic rings. The highest BCUT2D eigenvalue weighted by Gasteiger charge is 2.44. The molecule has 32 heavy (non-hydrogen) atoms. The monoisotopic (exact) mass is 449 g/mol. The summed E-state index contributed by atoms with van der Waals surface area (Å²) in [5.74, 6) is 1.65. The number of hydrogen-bond acceptors (Lipinski definition) is 6. The number of likely N-dealkylation sites (N-methyl/N-ethyl adjacent to an activating group) is 1. The lowest BCUT2D eigenvalue weighted by Crippen LogP contribution is -2.47. The van der Waals surface area contributed by atoms with Crippen molar-refractivity contribution in [3.8, 4) is 5.75 Å². The van der Waals surface area contributed by atoms with Crippen molar-refractivity contribution in [1.29, 1.82) is 0 Å². The fourth-order valence-corrected chi connectivity index (χ4v) is 4.51. The van der Waals surface area contributed by atoms with E-state index in [2.05, 4.69) is 24.3 Å². The average molecular weight is 450 g/mol. The Bertz CT molecular complexity index is 755. The summed E-state index contributed by atoms with van der Waals surface area (Å²) in [6, 6.07) is 7.51. The number of carboxylic acid groups (broad SMARTS) is 1. The third kappa shape index (κ3) is 6.93. The number of nitrogens with zero attached hydrogens (tertiary/aromatic N) is 2. The Hall–Kier alpha value is -2.65. The number of hydrogen-bond donors (Lipinski definition) is 2. The van der Waals surface area contributed by atoms with Gasteiger partial charge in [0, 0.05) is 38.3 Å². The Morgan fingerprint density at radius 3 is 2.31 bits per heavy atom. The molecule has 1 heterocycles. The Kier molecular flexibility index (Phi) is 9.93. The SMILES string of the molecule is CCC(=O)Nc1ccc(OCC(=O)N2C[C@H]3C[C@@H](N(C)C)[C@H](OC)C[C@H]3C2)cc1.O=CO. The maximum absolute atomic E-state index is 12.7. The molecule has 9 nitrogen and oxygen atoms in total. The van der Waals surface area contributed by atoms with Crippen molar-refractivity contribution in [1.82, 2.24) is 9.80 Å². The van der Waals surface area contributed by atoms with E-state index in [0.717, 1.165) is 31.6 Å². The molecule has 3 rings (SSSR count). The zero-order valence-electron chi connectivity index (χ0n) is 19.3. The minimum atomic E-state index is -0.250. The van der Waals surface area contributed by atoms with Crippen LogP contribution in [0.25, 0.3) is 0 Å². The van der Waals surface area contributed by atoms with E-state index in [1.165, 1.54) is 0 Å². The van der Waals surface area contributed by atoms with E-state index in [-0.39, 0.29) is 31.0 Å².